The SMILES string of the molecule is COCc1nnc(N2CC3CN(c4ccc(F)cc4Cl)CC32)n1-c1ccc(OC)nc1. The summed E-state index contributed by atoms with van der Waals surface area (Å²) in [6.45, 7) is 2.84. The third-order valence-corrected chi connectivity index (χ3v) is 6.22. The molecule has 4 heterocycles. The fourth-order valence-electron chi connectivity index (χ4n) is 4.41. The fourth-order valence-corrected chi connectivity index (χ4v) is 4.69. The molecule has 3 aromatic rings. The Bertz CT molecular complexity index is 1090. The summed E-state index contributed by atoms with van der Waals surface area (Å²) in [7, 11) is 3.22. The summed E-state index contributed by atoms with van der Waals surface area (Å²) in [5, 5.41) is 9.26. The molecule has 0 radical (unpaired) electrons. The third-order valence-electron chi connectivity index (χ3n) is 5.92. The number of pyridine rings is 1. The topological polar surface area (TPSA) is 68.5 Å². The highest BCUT2D eigenvalue weighted by Gasteiger charge is 2.48. The van der Waals surface area contributed by atoms with Crippen molar-refractivity contribution in [2.45, 2.75) is 12.6 Å². The van der Waals surface area contributed by atoms with Crippen molar-refractivity contribution in [2.24, 2.45) is 5.92 Å². The van der Waals surface area contributed by atoms with Crippen LogP contribution in [0, 0.1) is 11.7 Å². The molecule has 10 heteroatoms. The van der Waals surface area contributed by atoms with Crippen LogP contribution < -0.4 is 14.5 Å². The molecule has 2 aromatic heterocycles. The summed E-state index contributed by atoms with van der Waals surface area (Å²) in [6, 6.07) is 8.56. The maximum Gasteiger partial charge on any atom is 0.232 e. The molecule has 0 spiro atoms. The number of aromatic nitrogens is 4. The number of hydrogen-bond acceptors (Lipinski definition) is 7. The van der Waals surface area contributed by atoms with Crippen LogP contribution in [0.5, 0.6) is 5.88 Å². The molecular formula is C21H22ClFN6O2. The highest BCUT2D eigenvalue weighted by molar-refractivity contribution is 6.33. The minimum absolute atomic E-state index is 0.269. The van der Waals surface area contributed by atoms with Crippen LogP contribution >= 0.6 is 11.6 Å². The van der Waals surface area contributed by atoms with Crippen LogP contribution in [0.15, 0.2) is 36.5 Å². The average Bonchev–Trinajstić information content (AvgIpc) is 3.31. The molecule has 1 aromatic carbocycles. The van der Waals surface area contributed by atoms with Crippen molar-refractivity contribution in [3.05, 3.63) is 53.2 Å². The van der Waals surface area contributed by atoms with Gasteiger partial charge in [-0.25, -0.2) is 9.37 Å². The number of halogens is 2. The van der Waals surface area contributed by atoms with Crippen molar-refractivity contribution >= 4 is 23.2 Å². The van der Waals surface area contributed by atoms with Gasteiger partial charge in [0.05, 0.1) is 35.7 Å². The Kier molecular flexibility index (Phi) is 5.15. The normalized spacial score (nSPS) is 20.0. The van der Waals surface area contributed by atoms with Crippen molar-refractivity contribution in [2.75, 3.05) is 43.7 Å². The second-order valence-corrected chi connectivity index (χ2v) is 8.13. The van der Waals surface area contributed by atoms with E-state index in [1.807, 2.05) is 16.7 Å². The maximum absolute atomic E-state index is 13.4. The van der Waals surface area contributed by atoms with Gasteiger partial charge in [0.1, 0.15) is 12.4 Å². The van der Waals surface area contributed by atoms with E-state index in [2.05, 4.69) is 25.0 Å². The monoisotopic (exact) mass is 444 g/mol. The molecule has 8 nitrogen and oxygen atoms in total. The van der Waals surface area contributed by atoms with Gasteiger partial charge in [-0.2, -0.15) is 0 Å². The second kappa shape index (κ2) is 7.97. The van der Waals surface area contributed by atoms with E-state index in [0.717, 1.165) is 37.0 Å². The van der Waals surface area contributed by atoms with Crippen LogP contribution in [0.2, 0.25) is 5.02 Å². The summed E-state index contributed by atoms with van der Waals surface area (Å²) in [5.74, 6) is 2.14. The Morgan fingerprint density at radius 2 is 2.00 bits per heavy atom. The lowest BCUT2D eigenvalue weighted by Crippen LogP contribution is -2.56. The number of ether oxygens (including phenoxy) is 2. The van der Waals surface area contributed by atoms with Gasteiger partial charge in [-0.15, -0.1) is 10.2 Å². The molecule has 2 unspecified atom stereocenters. The van der Waals surface area contributed by atoms with Gasteiger partial charge in [-0.1, -0.05) is 11.6 Å². The van der Waals surface area contributed by atoms with Crippen LogP contribution in [-0.4, -0.2) is 59.6 Å². The van der Waals surface area contributed by atoms with Crippen LogP contribution in [0.1, 0.15) is 5.82 Å². The summed E-state index contributed by atoms with van der Waals surface area (Å²) < 4.78 is 25.9. The van der Waals surface area contributed by atoms with Gasteiger partial charge in [0, 0.05) is 38.7 Å². The van der Waals surface area contributed by atoms with Gasteiger partial charge in [-0.05, 0) is 24.3 Å². The van der Waals surface area contributed by atoms with E-state index in [1.165, 1.54) is 12.1 Å². The Morgan fingerprint density at radius 3 is 2.71 bits per heavy atom. The highest BCUT2D eigenvalue weighted by Crippen LogP contribution is 2.40. The number of methoxy groups -OCH3 is 2. The lowest BCUT2D eigenvalue weighted by atomic mass is 9.92. The van der Waals surface area contributed by atoms with Gasteiger partial charge < -0.3 is 19.3 Å². The zero-order chi connectivity index (χ0) is 21.5. The quantitative estimate of drug-likeness (QED) is 0.579. The summed E-state index contributed by atoms with van der Waals surface area (Å²) in [4.78, 5) is 8.78. The van der Waals surface area contributed by atoms with Crippen molar-refractivity contribution in [1.29, 1.82) is 0 Å². The molecule has 162 valence electrons. The summed E-state index contributed by atoms with van der Waals surface area (Å²) in [5.41, 5.74) is 1.70. The zero-order valence-electron chi connectivity index (χ0n) is 17.2. The number of nitrogens with zero attached hydrogens (tertiary/aromatic N) is 6. The number of benzene rings is 1. The first-order chi connectivity index (χ1) is 15.1. The molecule has 2 saturated heterocycles. The second-order valence-electron chi connectivity index (χ2n) is 7.72. The molecule has 0 saturated carbocycles. The molecule has 2 atom stereocenters. The maximum atomic E-state index is 13.4. The van der Waals surface area contributed by atoms with Crippen molar-refractivity contribution in [3.8, 4) is 11.6 Å². The molecule has 2 aliphatic rings. The Morgan fingerprint density at radius 1 is 1.13 bits per heavy atom. The van der Waals surface area contributed by atoms with Crippen molar-refractivity contribution in [3.63, 3.8) is 0 Å². The smallest absolute Gasteiger partial charge is 0.232 e. The van der Waals surface area contributed by atoms with E-state index >= 15 is 0 Å². The Labute approximate surface area is 184 Å². The molecule has 0 aliphatic carbocycles. The minimum atomic E-state index is -0.329. The van der Waals surface area contributed by atoms with E-state index < -0.39 is 0 Å². The van der Waals surface area contributed by atoms with Gasteiger partial charge in [-0.3, -0.25) is 4.57 Å². The van der Waals surface area contributed by atoms with E-state index in [4.69, 9.17) is 21.1 Å². The molecule has 2 fully saturated rings. The number of rotatable bonds is 6. The van der Waals surface area contributed by atoms with E-state index in [0.29, 0.717) is 29.3 Å². The molecular weight excluding hydrogens is 423 g/mol. The molecule has 5 rings (SSSR count). The van der Waals surface area contributed by atoms with Crippen LogP contribution in [0.3, 0.4) is 0 Å². The molecule has 0 N–H and O–H groups in total. The fraction of sp³-hybridized carbons (Fsp3) is 0.381. The number of fused-ring (bicyclic) bond motifs is 1. The van der Waals surface area contributed by atoms with Crippen LogP contribution in [0.25, 0.3) is 5.69 Å². The molecule has 0 amide bonds. The summed E-state index contributed by atoms with van der Waals surface area (Å²) >= 11 is 6.29. The van der Waals surface area contributed by atoms with E-state index in [9.17, 15) is 4.39 Å². The summed E-state index contributed by atoms with van der Waals surface area (Å²) in [6.07, 6.45) is 1.74. The van der Waals surface area contributed by atoms with Crippen molar-refractivity contribution < 1.29 is 13.9 Å². The number of anilines is 2. The predicted octanol–water partition coefficient (Wildman–Crippen LogP) is 2.93. The first-order valence-electron chi connectivity index (χ1n) is 9.99. The minimum Gasteiger partial charge on any atom is -0.481 e. The van der Waals surface area contributed by atoms with E-state index in [1.54, 1.807) is 26.5 Å². The average molecular weight is 445 g/mol. The predicted molar refractivity (Wildman–Crippen MR) is 115 cm³/mol. The van der Waals surface area contributed by atoms with Crippen LogP contribution in [0.4, 0.5) is 16.0 Å². The molecule has 2 aliphatic heterocycles. The first kappa shape index (κ1) is 20.0. The standard InChI is InChI=1S/C21H22ClFN6O2/c1-30-12-19-25-26-21(29(19)15-4-6-20(31-2)24-8-15)28-10-13-9-27(11-18(13)28)17-5-3-14(23)7-16(17)22/h3-8,13,18H,9-12H2,1-2H3. The number of hydrogen-bond donors (Lipinski definition) is 0. The Balaban J connectivity index is 1.42. The van der Waals surface area contributed by atoms with Gasteiger partial charge >= 0.3 is 0 Å². The third kappa shape index (κ3) is 3.47. The van der Waals surface area contributed by atoms with Gasteiger partial charge in [0.25, 0.3) is 0 Å². The van der Waals surface area contributed by atoms with E-state index in [-0.39, 0.29) is 11.9 Å². The van der Waals surface area contributed by atoms with Crippen molar-refractivity contribution in [1.82, 2.24) is 19.7 Å². The Hall–Kier alpha value is -2.91. The molecule has 0 bridgehead atoms. The van der Waals surface area contributed by atoms with Gasteiger partial charge in [0.2, 0.25) is 11.8 Å². The molecule has 31 heavy (non-hydrogen) atoms. The lowest BCUT2D eigenvalue weighted by molar-refractivity contribution is 0.176. The van der Waals surface area contributed by atoms with Gasteiger partial charge in [0.15, 0.2) is 5.82 Å². The first-order valence-corrected chi connectivity index (χ1v) is 10.4. The highest BCUT2D eigenvalue weighted by atomic mass is 35.5. The lowest BCUT2D eigenvalue weighted by Gasteiger charge is -2.43. The van der Waals surface area contributed by atoms with Crippen LogP contribution in [-0.2, 0) is 11.3 Å². The zero-order valence-corrected chi connectivity index (χ0v) is 18.0. The largest absolute Gasteiger partial charge is 0.481 e.